The molecule has 2 aromatic heterocycles. The SMILES string of the molecule is CCOC(=O)c1c(NC(=S)NCCCn2nc(C)cc2C)sc(C)c1-c1ccccc1. The van der Waals surface area contributed by atoms with Gasteiger partial charge in [0.2, 0.25) is 0 Å². The maximum atomic E-state index is 12.8. The number of rotatable bonds is 8. The Morgan fingerprint density at radius 1 is 1.23 bits per heavy atom. The second kappa shape index (κ2) is 10.5. The number of aryl methyl sites for hydroxylation is 4. The highest BCUT2D eigenvalue weighted by Gasteiger charge is 2.24. The Morgan fingerprint density at radius 3 is 2.61 bits per heavy atom. The molecule has 0 atom stereocenters. The number of ether oxygens (including phenoxy) is 1. The summed E-state index contributed by atoms with van der Waals surface area (Å²) in [5.41, 5.74) is 4.58. The van der Waals surface area contributed by atoms with Crippen molar-refractivity contribution in [2.45, 2.75) is 40.7 Å². The fourth-order valence-corrected chi connectivity index (χ4v) is 4.80. The maximum absolute atomic E-state index is 12.8. The van der Waals surface area contributed by atoms with Crippen molar-refractivity contribution in [3.8, 4) is 11.1 Å². The standard InChI is InChI=1S/C23H28N4O2S2/c1-5-29-22(28)20-19(18-10-7-6-8-11-18)17(4)31-21(20)25-23(30)24-12-9-13-27-16(3)14-15(2)26-27/h6-8,10-11,14H,5,9,12-13H2,1-4H3,(H2,24,25,30). The van der Waals surface area contributed by atoms with Gasteiger partial charge in [-0.05, 0) is 58.0 Å². The molecule has 0 saturated carbocycles. The van der Waals surface area contributed by atoms with Crippen LogP contribution in [0.15, 0.2) is 36.4 Å². The van der Waals surface area contributed by atoms with Crippen LogP contribution in [0.25, 0.3) is 11.1 Å². The van der Waals surface area contributed by atoms with E-state index in [0.717, 1.165) is 40.4 Å². The van der Waals surface area contributed by atoms with Gasteiger partial charge >= 0.3 is 5.97 Å². The molecular formula is C23H28N4O2S2. The van der Waals surface area contributed by atoms with Gasteiger partial charge in [0, 0.05) is 29.2 Å². The van der Waals surface area contributed by atoms with Crippen molar-refractivity contribution in [3.63, 3.8) is 0 Å². The molecule has 31 heavy (non-hydrogen) atoms. The highest BCUT2D eigenvalue weighted by atomic mass is 32.1. The van der Waals surface area contributed by atoms with Crippen molar-refractivity contribution in [2.75, 3.05) is 18.5 Å². The topological polar surface area (TPSA) is 68.2 Å². The number of carbonyl (C=O) groups is 1. The predicted octanol–water partition coefficient (Wildman–Crippen LogP) is 5.09. The molecule has 8 heteroatoms. The third-order valence-electron chi connectivity index (χ3n) is 4.79. The van der Waals surface area contributed by atoms with Crippen molar-refractivity contribution in [3.05, 3.63) is 58.2 Å². The Labute approximate surface area is 192 Å². The van der Waals surface area contributed by atoms with Gasteiger partial charge in [-0.2, -0.15) is 5.10 Å². The third-order valence-corrected chi connectivity index (χ3v) is 6.06. The minimum atomic E-state index is -0.347. The first-order valence-corrected chi connectivity index (χ1v) is 11.5. The monoisotopic (exact) mass is 456 g/mol. The first kappa shape index (κ1) is 23.0. The van der Waals surface area contributed by atoms with E-state index in [0.29, 0.717) is 28.8 Å². The number of thiocarbonyl (C=S) groups is 1. The number of esters is 1. The minimum absolute atomic E-state index is 0.316. The fourth-order valence-electron chi connectivity index (χ4n) is 3.46. The van der Waals surface area contributed by atoms with Crippen LogP contribution in [-0.2, 0) is 11.3 Å². The second-order valence-electron chi connectivity index (χ2n) is 7.21. The minimum Gasteiger partial charge on any atom is -0.462 e. The van der Waals surface area contributed by atoms with Crippen molar-refractivity contribution < 1.29 is 9.53 Å². The molecule has 3 rings (SSSR count). The van der Waals surface area contributed by atoms with Gasteiger partial charge in [0.25, 0.3) is 0 Å². The summed E-state index contributed by atoms with van der Waals surface area (Å²) in [4.78, 5) is 13.8. The van der Waals surface area contributed by atoms with Gasteiger partial charge in [-0.15, -0.1) is 11.3 Å². The Bertz CT molecular complexity index is 1060. The number of benzene rings is 1. The van der Waals surface area contributed by atoms with Gasteiger partial charge in [0.05, 0.1) is 12.3 Å². The lowest BCUT2D eigenvalue weighted by molar-refractivity contribution is 0.0529. The molecule has 0 fully saturated rings. The zero-order valence-electron chi connectivity index (χ0n) is 18.3. The molecule has 2 heterocycles. The molecule has 0 spiro atoms. The molecule has 1 aromatic carbocycles. The molecule has 0 saturated heterocycles. The Balaban J connectivity index is 1.69. The molecule has 0 aliphatic rings. The lowest BCUT2D eigenvalue weighted by atomic mass is 10.0. The lowest BCUT2D eigenvalue weighted by Gasteiger charge is -2.12. The number of hydrogen-bond acceptors (Lipinski definition) is 5. The number of aromatic nitrogens is 2. The molecule has 6 nitrogen and oxygen atoms in total. The van der Waals surface area contributed by atoms with E-state index in [2.05, 4.69) is 28.7 Å². The zero-order chi connectivity index (χ0) is 22.4. The van der Waals surface area contributed by atoms with E-state index >= 15 is 0 Å². The first-order chi connectivity index (χ1) is 14.9. The summed E-state index contributed by atoms with van der Waals surface area (Å²) in [5.74, 6) is -0.347. The van der Waals surface area contributed by atoms with Crippen LogP contribution in [0, 0.1) is 20.8 Å². The van der Waals surface area contributed by atoms with Crippen molar-refractivity contribution in [2.24, 2.45) is 0 Å². The number of nitrogens with one attached hydrogen (secondary N) is 2. The molecule has 0 unspecified atom stereocenters. The summed E-state index contributed by atoms with van der Waals surface area (Å²) in [6.07, 6.45) is 0.882. The van der Waals surface area contributed by atoms with E-state index in [4.69, 9.17) is 17.0 Å². The summed E-state index contributed by atoms with van der Waals surface area (Å²) in [5, 5.41) is 12.1. The van der Waals surface area contributed by atoms with Crippen LogP contribution in [-0.4, -0.2) is 34.0 Å². The number of thiophene rings is 1. The quantitative estimate of drug-likeness (QED) is 0.280. The molecule has 3 aromatic rings. The van der Waals surface area contributed by atoms with Crippen molar-refractivity contribution in [1.82, 2.24) is 15.1 Å². The Hall–Kier alpha value is -2.71. The summed E-state index contributed by atoms with van der Waals surface area (Å²) in [6, 6.07) is 11.9. The van der Waals surface area contributed by atoms with E-state index in [1.807, 2.05) is 48.9 Å². The summed E-state index contributed by atoms with van der Waals surface area (Å²) >= 11 is 6.99. The second-order valence-corrected chi connectivity index (χ2v) is 8.84. The Morgan fingerprint density at radius 2 is 1.97 bits per heavy atom. The first-order valence-electron chi connectivity index (χ1n) is 10.3. The van der Waals surface area contributed by atoms with Gasteiger partial charge in [-0.1, -0.05) is 30.3 Å². The molecule has 0 aliphatic heterocycles. The third kappa shape index (κ3) is 5.71. The number of anilines is 1. The van der Waals surface area contributed by atoms with E-state index < -0.39 is 0 Å². The summed E-state index contributed by atoms with van der Waals surface area (Å²) < 4.78 is 7.34. The lowest BCUT2D eigenvalue weighted by Crippen LogP contribution is -2.30. The van der Waals surface area contributed by atoms with Crippen molar-refractivity contribution >= 4 is 39.6 Å². The average Bonchev–Trinajstić information content (AvgIpc) is 3.23. The van der Waals surface area contributed by atoms with Crippen LogP contribution in [0.5, 0.6) is 0 Å². The average molecular weight is 457 g/mol. The van der Waals surface area contributed by atoms with E-state index in [1.54, 1.807) is 6.92 Å². The predicted molar refractivity (Wildman–Crippen MR) is 131 cm³/mol. The van der Waals surface area contributed by atoms with Gasteiger partial charge in [0.1, 0.15) is 10.6 Å². The maximum Gasteiger partial charge on any atom is 0.341 e. The van der Waals surface area contributed by atoms with Crippen LogP contribution in [0.2, 0.25) is 0 Å². The molecule has 0 radical (unpaired) electrons. The van der Waals surface area contributed by atoms with Crippen LogP contribution in [0.4, 0.5) is 5.00 Å². The van der Waals surface area contributed by atoms with Crippen LogP contribution >= 0.6 is 23.6 Å². The van der Waals surface area contributed by atoms with Crippen LogP contribution in [0.1, 0.15) is 40.0 Å². The van der Waals surface area contributed by atoms with Crippen molar-refractivity contribution in [1.29, 1.82) is 0 Å². The molecular weight excluding hydrogens is 428 g/mol. The van der Waals surface area contributed by atoms with E-state index in [-0.39, 0.29) is 5.97 Å². The zero-order valence-corrected chi connectivity index (χ0v) is 20.0. The number of nitrogens with zero attached hydrogens (tertiary/aromatic N) is 2. The number of hydrogen-bond donors (Lipinski definition) is 2. The highest BCUT2D eigenvalue weighted by Crippen LogP contribution is 2.40. The highest BCUT2D eigenvalue weighted by molar-refractivity contribution is 7.80. The molecule has 164 valence electrons. The molecule has 0 bridgehead atoms. The summed E-state index contributed by atoms with van der Waals surface area (Å²) in [7, 11) is 0. The molecule has 2 N–H and O–H groups in total. The van der Waals surface area contributed by atoms with Gasteiger partial charge in [0.15, 0.2) is 5.11 Å². The number of carbonyl (C=O) groups excluding carboxylic acids is 1. The Kier molecular flexibility index (Phi) is 7.81. The summed E-state index contributed by atoms with van der Waals surface area (Å²) in [6.45, 7) is 9.70. The normalized spacial score (nSPS) is 10.7. The van der Waals surface area contributed by atoms with E-state index in [1.165, 1.54) is 11.3 Å². The van der Waals surface area contributed by atoms with E-state index in [9.17, 15) is 4.79 Å². The molecule has 0 aliphatic carbocycles. The largest absolute Gasteiger partial charge is 0.462 e. The molecule has 0 amide bonds. The fraction of sp³-hybridized carbons (Fsp3) is 0.348. The van der Waals surface area contributed by atoms with Gasteiger partial charge in [-0.3, -0.25) is 4.68 Å². The van der Waals surface area contributed by atoms with Crippen LogP contribution < -0.4 is 10.6 Å². The smallest absolute Gasteiger partial charge is 0.341 e. The van der Waals surface area contributed by atoms with Crippen LogP contribution in [0.3, 0.4) is 0 Å². The van der Waals surface area contributed by atoms with Gasteiger partial charge < -0.3 is 15.4 Å². The van der Waals surface area contributed by atoms with Gasteiger partial charge in [-0.25, -0.2) is 4.79 Å².